The first-order chi connectivity index (χ1) is 15.4. The van der Waals surface area contributed by atoms with Crippen molar-refractivity contribution in [2.24, 2.45) is 5.92 Å². The quantitative estimate of drug-likeness (QED) is 0.323. The molecule has 0 fully saturated rings. The van der Waals surface area contributed by atoms with Crippen molar-refractivity contribution in [2.45, 2.75) is 50.1 Å². The number of rotatable bonds is 6. The van der Waals surface area contributed by atoms with E-state index in [9.17, 15) is 14.9 Å². The van der Waals surface area contributed by atoms with Gasteiger partial charge in [0.25, 0.3) is 5.56 Å². The number of benzene rings is 1. The van der Waals surface area contributed by atoms with Gasteiger partial charge in [-0.3, -0.25) is 14.2 Å². The van der Waals surface area contributed by atoms with Gasteiger partial charge in [-0.15, -0.1) is 17.9 Å². The van der Waals surface area contributed by atoms with E-state index in [0.717, 1.165) is 35.0 Å². The number of para-hydroxylation sites is 1. The summed E-state index contributed by atoms with van der Waals surface area (Å²) in [5.74, 6) is 0.358. The van der Waals surface area contributed by atoms with Crippen LogP contribution in [0.1, 0.15) is 36.3 Å². The highest BCUT2D eigenvalue weighted by atomic mass is 32.2. The second kappa shape index (κ2) is 9.31. The molecule has 0 spiro atoms. The summed E-state index contributed by atoms with van der Waals surface area (Å²) in [6.45, 7) is 8.13. The summed E-state index contributed by atoms with van der Waals surface area (Å²) in [7, 11) is 0. The number of aromatic nitrogens is 2. The van der Waals surface area contributed by atoms with Crippen LogP contribution in [0.15, 0.2) is 46.9 Å². The Balaban J connectivity index is 1.66. The number of carbonyl (C=O) groups excluding carboxylic acids is 1. The van der Waals surface area contributed by atoms with E-state index in [1.807, 2.05) is 0 Å². The maximum absolute atomic E-state index is 13.4. The fourth-order valence-corrected chi connectivity index (χ4v) is 6.26. The van der Waals surface area contributed by atoms with Crippen molar-refractivity contribution >= 4 is 44.9 Å². The van der Waals surface area contributed by atoms with E-state index in [1.54, 1.807) is 53.2 Å². The first kappa shape index (κ1) is 22.3. The van der Waals surface area contributed by atoms with Gasteiger partial charge in [0.15, 0.2) is 5.16 Å². The molecule has 1 amide bonds. The molecule has 2 heterocycles. The molecule has 3 aromatic rings. The van der Waals surface area contributed by atoms with Crippen LogP contribution >= 0.6 is 23.1 Å². The number of carbonyl (C=O) groups is 1. The maximum Gasteiger partial charge on any atom is 0.263 e. The maximum atomic E-state index is 13.4. The Labute approximate surface area is 195 Å². The summed E-state index contributed by atoms with van der Waals surface area (Å²) >= 11 is 2.84. The number of aryl methyl sites for hydroxylation is 1. The summed E-state index contributed by atoms with van der Waals surface area (Å²) in [6, 6.07) is 8.95. The summed E-state index contributed by atoms with van der Waals surface area (Å²) < 4.78 is 1.61. The first-order valence-corrected chi connectivity index (χ1v) is 12.2. The normalized spacial score (nSPS) is 16.2. The SMILES string of the molecule is C=CCn1c(SC(C)C(=O)Nc2ccccc2C#N)nc2sc3c(c2c1=O)CCC(C)C3. The Hall–Kier alpha value is -2.89. The molecule has 1 aliphatic carbocycles. The predicted octanol–water partition coefficient (Wildman–Crippen LogP) is 4.76. The number of nitrogens with zero attached hydrogens (tertiary/aromatic N) is 3. The van der Waals surface area contributed by atoms with E-state index in [1.165, 1.54) is 16.6 Å². The minimum atomic E-state index is -0.517. The molecule has 6 nitrogen and oxygen atoms in total. The highest BCUT2D eigenvalue weighted by molar-refractivity contribution is 8.00. The van der Waals surface area contributed by atoms with Gasteiger partial charge in [-0.05, 0) is 49.8 Å². The standard InChI is InChI=1S/C24H24N4O2S2/c1-4-11-28-23(30)20-17-10-9-14(2)12-19(17)32-22(20)27-24(28)31-15(3)21(29)26-18-8-6-5-7-16(18)13-25/h4-8,14-15H,1,9-12H2,2-3H3,(H,26,29). The molecule has 0 radical (unpaired) electrons. The van der Waals surface area contributed by atoms with Crippen molar-refractivity contribution in [1.82, 2.24) is 9.55 Å². The molecule has 0 aliphatic heterocycles. The number of fused-ring (bicyclic) bond motifs is 3. The molecule has 1 aliphatic rings. The average molecular weight is 465 g/mol. The first-order valence-electron chi connectivity index (χ1n) is 10.6. The predicted molar refractivity (Wildman–Crippen MR) is 130 cm³/mol. The van der Waals surface area contributed by atoms with Crippen molar-refractivity contribution in [3.63, 3.8) is 0 Å². The van der Waals surface area contributed by atoms with E-state index >= 15 is 0 Å². The molecule has 32 heavy (non-hydrogen) atoms. The van der Waals surface area contributed by atoms with Crippen molar-refractivity contribution < 1.29 is 4.79 Å². The number of nitrogens with one attached hydrogen (secondary N) is 1. The second-order valence-electron chi connectivity index (χ2n) is 8.04. The molecule has 8 heteroatoms. The van der Waals surface area contributed by atoms with E-state index < -0.39 is 5.25 Å². The number of thiophene rings is 1. The van der Waals surface area contributed by atoms with Gasteiger partial charge in [0.1, 0.15) is 10.9 Å². The molecule has 2 unspecified atom stereocenters. The zero-order valence-corrected chi connectivity index (χ0v) is 19.7. The molecule has 164 valence electrons. The lowest BCUT2D eigenvalue weighted by molar-refractivity contribution is -0.115. The molecular weight excluding hydrogens is 440 g/mol. The highest BCUT2D eigenvalue weighted by Gasteiger charge is 2.26. The number of hydrogen-bond donors (Lipinski definition) is 1. The third-order valence-electron chi connectivity index (χ3n) is 5.65. The molecule has 2 aromatic heterocycles. The van der Waals surface area contributed by atoms with Gasteiger partial charge in [0, 0.05) is 11.4 Å². The van der Waals surface area contributed by atoms with Crippen molar-refractivity contribution in [1.29, 1.82) is 5.26 Å². The van der Waals surface area contributed by atoms with Crippen LogP contribution in [0.25, 0.3) is 10.2 Å². The largest absolute Gasteiger partial charge is 0.324 e. The van der Waals surface area contributed by atoms with Crippen molar-refractivity contribution in [3.05, 3.63) is 63.3 Å². The topological polar surface area (TPSA) is 87.8 Å². The smallest absolute Gasteiger partial charge is 0.263 e. The van der Waals surface area contributed by atoms with Gasteiger partial charge in [-0.1, -0.05) is 36.9 Å². The Morgan fingerprint density at radius 1 is 1.50 bits per heavy atom. The minimum Gasteiger partial charge on any atom is -0.324 e. The lowest BCUT2D eigenvalue weighted by Gasteiger charge is -2.18. The second-order valence-corrected chi connectivity index (χ2v) is 10.4. The molecule has 1 N–H and O–H groups in total. The van der Waals surface area contributed by atoms with Gasteiger partial charge in [-0.25, -0.2) is 4.98 Å². The number of amides is 1. The van der Waals surface area contributed by atoms with Crippen LogP contribution in [0.4, 0.5) is 5.69 Å². The third kappa shape index (κ3) is 4.23. The lowest BCUT2D eigenvalue weighted by Crippen LogP contribution is -2.27. The van der Waals surface area contributed by atoms with E-state index in [-0.39, 0.29) is 11.5 Å². The van der Waals surface area contributed by atoms with Gasteiger partial charge < -0.3 is 5.32 Å². The molecule has 0 saturated heterocycles. The number of allylic oxidation sites excluding steroid dienone is 1. The van der Waals surface area contributed by atoms with Crippen LogP contribution < -0.4 is 10.9 Å². The monoisotopic (exact) mass is 464 g/mol. The van der Waals surface area contributed by atoms with Gasteiger partial charge in [0.05, 0.1) is 21.9 Å². The molecule has 1 aromatic carbocycles. The minimum absolute atomic E-state index is 0.0631. The van der Waals surface area contributed by atoms with E-state index in [2.05, 4.69) is 24.9 Å². The lowest BCUT2D eigenvalue weighted by atomic mass is 9.89. The summed E-state index contributed by atoms with van der Waals surface area (Å²) in [4.78, 5) is 33.1. The van der Waals surface area contributed by atoms with Crippen molar-refractivity contribution in [3.8, 4) is 6.07 Å². The highest BCUT2D eigenvalue weighted by Crippen LogP contribution is 2.37. The fourth-order valence-electron chi connectivity index (χ4n) is 3.92. The Morgan fingerprint density at radius 3 is 3.03 bits per heavy atom. The van der Waals surface area contributed by atoms with Gasteiger partial charge in [-0.2, -0.15) is 5.26 Å². The van der Waals surface area contributed by atoms with Crippen LogP contribution in [-0.4, -0.2) is 20.7 Å². The zero-order chi connectivity index (χ0) is 22.8. The van der Waals surface area contributed by atoms with Crippen LogP contribution in [0.5, 0.6) is 0 Å². The molecular formula is C24H24N4O2S2. The molecule has 0 saturated carbocycles. The summed E-state index contributed by atoms with van der Waals surface area (Å²) in [6.07, 6.45) is 4.65. The fraction of sp³-hybridized carbons (Fsp3) is 0.333. The average Bonchev–Trinajstić information content (AvgIpc) is 3.14. The van der Waals surface area contributed by atoms with Crippen molar-refractivity contribution in [2.75, 3.05) is 5.32 Å². The van der Waals surface area contributed by atoms with Crippen LogP contribution in [0, 0.1) is 17.2 Å². The Kier molecular flexibility index (Phi) is 6.49. The zero-order valence-electron chi connectivity index (χ0n) is 18.1. The van der Waals surface area contributed by atoms with Crippen LogP contribution in [-0.2, 0) is 24.2 Å². The summed E-state index contributed by atoms with van der Waals surface area (Å²) in [5, 5.41) is 12.8. The van der Waals surface area contributed by atoms with Gasteiger partial charge >= 0.3 is 0 Å². The van der Waals surface area contributed by atoms with E-state index in [4.69, 9.17) is 4.98 Å². The van der Waals surface area contributed by atoms with Crippen LogP contribution in [0.3, 0.4) is 0 Å². The van der Waals surface area contributed by atoms with Crippen LogP contribution in [0.2, 0.25) is 0 Å². The number of hydrogen-bond acceptors (Lipinski definition) is 6. The number of thioether (sulfide) groups is 1. The summed E-state index contributed by atoms with van der Waals surface area (Å²) in [5.41, 5.74) is 1.96. The third-order valence-corrected chi connectivity index (χ3v) is 7.89. The Morgan fingerprint density at radius 2 is 2.28 bits per heavy atom. The number of nitriles is 1. The Bertz CT molecular complexity index is 1300. The molecule has 0 bridgehead atoms. The van der Waals surface area contributed by atoms with Gasteiger partial charge in [0.2, 0.25) is 5.91 Å². The molecule has 4 rings (SSSR count). The van der Waals surface area contributed by atoms with E-state index in [0.29, 0.717) is 28.9 Å². The molecule has 2 atom stereocenters. The number of anilines is 1.